The molecule has 0 aliphatic carbocycles. The summed E-state index contributed by atoms with van der Waals surface area (Å²) in [4.78, 5) is 13.0. The van der Waals surface area contributed by atoms with Crippen molar-refractivity contribution in [2.75, 3.05) is 19.6 Å². The van der Waals surface area contributed by atoms with Gasteiger partial charge in [0.25, 0.3) is 12.3 Å². The van der Waals surface area contributed by atoms with Gasteiger partial charge in [0.05, 0.1) is 12.2 Å². The molecule has 1 aromatic rings. The summed E-state index contributed by atoms with van der Waals surface area (Å²) in [6.45, 7) is 1.38. The molecule has 5 nitrogen and oxygen atoms in total. The first-order chi connectivity index (χ1) is 7.95. The van der Waals surface area contributed by atoms with Crippen LogP contribution in [0.25, 0.3) is 0 Å². The summed E-state index contributed by atoms with van der Waals surface area (Å²) in [5.74, 6) is -0.473. The van der Waals surface area contributed by atoms with Crippen molar-refractivity contribution in [1.82, 2.24) is 14.7 Å². The van der Waals surface area contributed by atoms with Crippen LogP contribution >= 0.6 is 0 Å². The van der Waals surface area contributed by atoms with E-state index >= 15 is 0 Å². The Kier molecular flexibility index (Phi) is 4.56. The maximum Gasteiger partial charge on any atom is 0.272 e. The monoisotopic (exact) mass is 246 g/mol. The Labute approximate surface area is 98.2 Å². The van der Waals surface area contributed by atoms with Gasteiger partial charge in [-0.05, 0) is 13.0 Å². The summed E-state index contributed by atoms with van der Waals surface area (Å²) >= 11 is 0. The molecule has 1 heterocycles. The van der Waals surface area contributed by atoms with E-state index in [0.717, 1.165) is 4.90 Å². The molecular formula is C10H16F2N4O. The highest BCUT2D eigenvalue weighted by atomic mass is 19.3. The third-order valence-electron chi connectivity index (χ3n) is 2.27. The molecule has 96 valence electrons. The Morgan fingerprint density at radius 3 is 2.71 bits per heavy atom. The van der Waals surface area contributed by atoms with E-state index in [-0.39, 0.29) is 18.8 Å². The highest BCUT2D eigenvalue weighted by molar-refractivity contribution is 5.92. The molecule has 1 rings (SSSR count). The molecule has 0 saturated carbocycles. The van der Waals surface area contributed by atoms with Crippen molar-refractivity contribution in [2.24, 2.45) is 12.8 Å². The van der Waals surface area contributed by atoms with E-state index in [1.165, 1.54) is 4.68 Å². The zero-order chi connectivity index (χ0) is 13.0. The zero-order valence-corrected chi connectivity index (χ0v) is 9.86. The van der Waals surface area contributed by atoms with Crippen molar-refractivity contribution >= 4 is 5.91 Å². The molecule has 7 heteroatoms. The number of carbonyl (C=O) groups is 1. The van der Waals surface area contributed by atoms with Crippen LogP contribution in [0.5, 0.6) is 0 Å². The first-order valence-electron chi connectivity index (χ1n) is 5.23. The minimum absolute atomic E-state index is 0.105. The first-order valence-corrected chi connectivity index (χ1v) is 5.23. The van der Waals surface area contributed by atoms with Crippen LogP contribution in [0.4, 0.5) is 8.78 Å². The molecule has 0 fully saturated rings. The Morgan fingerprint density at radius 1 is 1.65 bits per heavy atom. The molecule has 0 saturated heterocycles. The molecule has 0 aliphatic heterocycles. The molecule has 2 N–H and O–H groups in total. The molecule has 0 aromatic carbocycles. The summed E-state index contributed by atoms with van der Waals surface area (Å²) in [6.07, 6.45) is -2.57. The van der Waals surface area contributed by atoms with Crippen LogP contribution in [0.1, 0.15) is 16.2 Å². The fourth-order valence-electron chi connectivity index (χ4n) is 1.57. The van der Waals surface area contributed by atoms with E-state index < -0.39 is 18.9 Å². The van der Waals surface area contributed by atoms with Gasteiger partial charge < -0.3 is 10.6 Å². The second-order valence-corrected chi connectivity index (χ2v) is 3.73. The van der Waals surface area contributed by atoms with Crippen LogP contribution in [0.3, 0.4) is 0 Å². The lowest BCUT2D eigenvalue weighted by Gasteiger charge is -2.21. The Balaban J connectivity index is 2.87. The summed E-state index contributed by atoms with van der Waals surface area (Å²) in [5, 5.41) is 4.00. The number of hydrogen-bond acceptors (Lipinski definition) is 3. The van der Waals surface area contributed by atoms with Crippen molar-refractivity contribution in [3.63, 3.8) is 0 Å². The number of carbonyl (C=O) groups excluding carboxylic acids is 1. The van der Waals surface area contributed by atoms with Gasteiger partial charge in [-0.1, -0.05) is 0 Å². The average Bonchev–Trinajstić information content (AvgIpc) is 2.55. The SMILES string of the molecule is Cc1cc(C(=O)N(CCN)CC(F)F)n(C)n1. The van der Waals surface area contributed by atoms with Gasteiger partial charge in [0, 0.05) is 20.1 Å². The molecule has 0 unspecified atom stereocenters. The number of aromatic nitrogens is 2. The largest absolute Gasteiger partial charge is 0.330 e. The summed E-state index contributed by atoms with van der Waals surface area (Å²) in [6, 6.07) is 1.57. The highest BCUT2D eigenvalue weighted by Crippen LogP contribution is 2.08. The van der Waals surface area contributed by atoms with E-state index in [9.17, 15) is 13.6 Å². The quantitative estimate of drug-likeness (QED) is 0.817. The van der Waals surface area contributed by atoms with Gasteiger partial charge in [0.15, 0.2) is 0 Å². The lowest BCUT2D eigenvalue weighted by molar-refractivity contribution is 0.0553. The third kappa shape index (κ3) is 3.48. The topological polar surface area (TPSA) is 64.2 Å². The van der Waals surface area contributed by atoms with Crippen molar-refractivity contribution < 1.29 is 13.6 Å². The van der Waals surface area contributed by atoms with Crippen molar-refractivity contribution in [3.8, 4) is 0 Å². The molecule has 1 amide bonds. The summed E-state index contributed by atoms with van der Waals surface area (Å²) in [5.41, 5.74) is 6.26. The van der Waals surface area contributed by atoms with Crippen LogP contribution < -0.4 is 5.73 Å². The second-order valence-electron chi connectivity index (χ2n) is 3.73. The van der Waals surface area contributed by atoms with Gasteiger partial charge in [-0.3, -0.25) is 9.48 Å². The van der Waals surface area contributed by atoms with E-state index in [4.69, 9.17) is 5.73 Å². The number of rotatable bonds is 5. The number of halogens is 2. The maximum atomic E-state index is 12.3. The minimum atomic E-state index is -2.57. The van der Waals surface area contributed by atoms with Crippen molar-refractivity contribution in [3.05, 3.63) is 17.5 Å². The van der Waals surface area contributed by atoms with Gasteiger partial charge in [0.2, 0.25) is 0 Å². The molecule has 1 aromatic heterocycles. The molecule has 0 radical (unpaired) electrons. The second kappa shape index (κ2) is 5.72. The average molecular weight is 246 g/mol. The normalized spacial score (nSPS) is 10.9. The van der Waals surface area contributed by atoms with Crippen molar-refractivity contribution in [1.29, 1.82) is 0 Å². The Bertz CT molecular complexity index is 392. The number of nitrogens with two attached hydrogens (primary N) is 1. The van der Waals surface area contributed by atoms with E-state index in [1.807, 2.05) is 0 Å². The minimum Gasteiger partial charge on any atom is -0.330 e. The molecule has 17 heavy (non-hydrogen) atoms. The van der Waals surface area contributed by atoms with Crippen LogP contribution in [0.15, 0.2) is 6.07 Å². The molecule has 0 aliphatic rings. The van der Waals surface area contributed by atoms with E-state index in [1.54, 1.807) is 20.0 Å². The van der Waals surface area contributed by atoms with E-state index in [0.29, 0.717) is 5.69 Å². The standard InChI is InChI=1S/C10H16F2N4O/c1-7-5-8(15(2)14-7)10(17)16(4-3-13)6-9(11)12/h5,9H,3-4,6,13H2,1-2H3. The van der Waals surface area contributed by atoms with E-state index in [2.05, 4.69) is 5.10 Å². The molecular weight excluding hydrogens is 230 g/mol. The Morgan fingerprint density at radius 2 is 2.29 bits per heavy atom. The van der Waals surface area contributed by atoms with Gasteiger partial charge in [-0.25, -0.2) is 8.78 Å². The summed E-state index contributed by atoms with van der Waals surface area (Å²) < 4.78 is 26.0. The Hall–Kier alpha value is -1.50. The number of alkyl halides is 2. The predicted octanol–water partition coefficient (Wildman–Crippen LogP) is 0.395. The van der Waals surface area contributed by atoms with Crippen LogP contribution in [0.2, 0.25) is 0 Å². The molecule has 0 bridgehead atoms. The van der Waals surface area contributed by atoms with Gasteiger partial charge in [0.1, 0.15) is 5.69 Å². The lowest BCUT2D eigenvalue weighted by atomic mass is 10.3. The first kappa shape index (κ1) is 13.6. The van der Waals surface area contributed by atoms with Gasteiger partial charge >= 0.3 is 0 Å². The predicted molar refractivity (Wildman–Crippen MR) is 58.9 cm³/mol. The third-order valence-corrected chi connectivity index (χ3v) is 2.27. The molecule has 0 spiro atoms. The smallest absolute Gasteiger partial charge is 0.272 e. The summed E-state index contributed by atoms with van der Waals surface area (Å²) in [7, 11) is 1.60. The van der Waals surface area contributed by atoms with Gasteiger partial charge in [-0.15, -0.1) is 0 Å². The van der Waals surface area contributed by atoms with Crippen molar-refractivity contribution in [2.45, 2.75) is 13.3 Å². The van der Waals surface area contributed by atoms with Crippen LogP contribution in [-0.4, -0.2) is 46.6 Å². The van der Waals surface area contributed by atoms with Gasteiger partial charge in [-0.2, -0.15) is 5.10 Å². The highest BCUT2D eigenvalue weighted by Gasteiger charge is 2.21. The maximum absolute atomic E-state index is 12.3. The number of hydrogen-bond donors (Lipinski definition) is 1. The molecule has 0 atom stereocenters. The number of nitrogens with zero attached hydrogens (tertiary/aromatic N) is 3. The zero-order valence-electron chi connectivity index (χ0n) is 9.86. The number of amides is 1. The van der Waals surface area contributed by atoms with Crippen LogP contribution in [0, 0.1) is 6.92 Å². The fraction of sp³-hybridized carbons (Fsp3) is 0.600. The fourth-order valence-corrected chi connectivity index (χ4v) is 1.57. The lowest BCUT2D eigenvalue weighted by Crippen LogP contribution is -2.39. The van der Waals surface area contributed by atoms with Crippen LogP contribution in [-0.2, 0) is 7.05 Å². The number of aryl methyl sites for hydroxylation is 2.